The van der Waals surface area contributed by atoms with Crippen LogP contribution in [-0.4, -0.2) is 19.4 Å². The quantitative estimate of drug-likeness (QED) is 0.239. The molecule has 8 heteroatoms. The molecule has 0 radical (unpaired) electrons. The first-order chi connectivity index (χ1) is 18.1. The van der Waals surface area contributed by atoms with Gasteiger partial charge in [-0.15, -0.1) is 0 Å². The number of alkyl halides is 3. The van der Waals surface area contributed by atoms with Crippen molar-refractivity contribution in [2.45, 2.75) is 96.4 Å². The van der Waals surface area contributed by atoms with Crippen molar-refractivity contribution in [3.05, 3.63) is 41.0 Å². The Morgan fingerprint density at radius 3 is 1.82 bits per heavy atom. The maximum atomic E-state index is 14.3. The predicted molar refractivity (Wildman–Crippen MR) is 135 cm³/mol. The summed E-state index contributed by atoms with van der Waals surface area (Å²) in [5.41, 5.74) is -1.36. The van der Waals surface area contributed by atoms with Crippen LogP contribution in [0.5, 0.6) is 0 Å². The van der Waals surface area contributed by atoms with Crippen LogP contribution in [0, 0.1) is 41.2 Å². The summed E-state index contributed by atoms with van der Waals surface area (Å²) in [6.45, 7) is 3.03. The van der Waals surface area contributed by atoms with Crippen molar-refractivity contribution < 1.29 is 35.8 Å². The van der Waals surface area contributed by atoms with Crippen LogP contribution >= 0.6 is 0 Å². The van der Waals surface area contributed by atoms with Gasteiger partial charge in [0.1, 0.15) is 17.5 Å². The molecule has 3 fully saturated rings. The van der Waals surface area contributed by atoms with Gasteiger partial charge in [0.05, 0.1) is 24.9 Å². The van der Waals surface area contributed by atoms with Crippen LogP contribution in [0.25, 0.3) is 5.83 Å². The zero-order chi connectivity index (χ0) is 27.3. The van der Waals surface area contributed by atoms with Crippen LogP contribution in [0.3, 0.4) is 0 Å². The van der Waals surface area contributed by atoms with Crippen molar-refractivity contribution in [3.8, 4) is 0 Å². The van der Waals surface area contributed by atoms with Gasteiger partial charge in [-0.05, 0) is 74.3 Å². The Kier molecular flexibility index (Phi) is 10.2. The molecule has 2 aliphatic carbocycles. The molecule has 1 saturated heterocycles. The lowest BCUT2D eigenvalue weighted by molar-refractivity contribution is -0.215. The molecule has 3 aliphatic rings. The minimum atomic E-state index is -5.03. The maximum absolute atomic E-state index is 14.3. The third-order valence-electron chi connectivity index (χ3n) is 9.05. The van der Waals surface area contributed by atoms with Crippen LogP contribution in [0.15, 0.2) is 18.2 Å². The van der Waals surface area contributed by atoms with Gasteiger partial charge in [0.15, 0.2) is 6.29 Å². The molecule has 1 aromatic carbocycles. The van der Waals surface area contributed by atoms with E-state index in [1.807, 2.05) is 0 Å². The average molecular weight is 547 g/mol. The van der Waals surface area contributed by atoms with Crippen LogP contribution in [0.4, 0.5) is 26.3 Å². The minimum Gasteiger partial charge on any atom is -0.348 e. The fraction of sp³-hybridized carbons (Fsp3) is 0.733. The van der Waals surface area contributed by atoms with Gasteiger partial charge in [-0.2, -0.15) is 13.2 Å². The van der Waals surface area contributed by atoms with Gasteiger partial charge in [0, 0.05) is 11.5 Å². The summed E-state index contributed by atoms with van der Waals surface area (Å²) in [6.07, 6.45) is 8.78. The van der Waals surface area contributed by atoms with Crippen molar-refractivity contribution in [3.63, 3.8) is 0 Å². The second-order valence-electron chi connectivity index (χ2n) is 11.6. The Morgan fingerprint density at radius 2 is 1.32 bits per heavy atom. The van der Waals surface area contributed by atoms with Gasteiger partial charge in [-0.3, -0.25) is 0 Å². The zero-order valence-corrected chi connectivity index (χ0v) is 22.2. The van der Waals surface area contributed by atoms with Gasteiger partial charge >= 0.3 is 6.18 Å². The van der Waals surface area contributed by atoms with Crippen molar-refractivity contribution in [1.82, 2.24) is 0 Å². The van der Waals surface area contributed by atoms with E-state index >= 15 is 0 Å². The van der Waals surface area contributed by atoms with E-state index in [0.717, 1.165) is 42.7 Å². The molecule has 0 unspecified atom stereocenters. The Bertz CT molecular complexity index is 898. The molecule has 0 atom stereocenters. The Balaban J connectivity index is 1.23. The number of halogens is 6. The molecule has 1 aliphatic heterocycles. The fourth-order valence-electron chi connectivity index (χ4n) is 6.87. The lowest BCUT2D eigenvalue weighted by Crippen LogP contribution is -2.35. The molecule has 0 amide bonds. The average Bonchev–Trinajstić information content (AvgIpc) is 2.88. The van der Waals surface area contributed by atoms with Crippen molar-refractivity contribution in [1.29, 1.82) is 0 Å². The highest BCUT2D eigenvalue weighted by Gasteiger charge is 2.36. The molecule has 1 heterocycles. The highest BCUT2D eigenvalue weighted by molar-refractivity contribution is 5.61. The highest BCUT2D eigenvalue weighted by Crippen LogP contribution is 2.45. The van der Waals surface area contributed by atoms with Gasteiger partial charge in [-0.25, -0.2) is 13.2 Å². The van der Waals surface area contributed by atoms with E-state index in [1.54, 1.807) is 0 Å². The first kappa shape index (κ1) is 29.4. The summed E-state index contributed by atoms with van der Waals surface area (Å²) >= 11 is 0. The lowest BCUT2D eigenvalue weighted by Gasteiger charge is -2.41. The maximum Gasteiger partial charge on any atom is 0.412 e. The Morgan fingerprint density at radius 1 is 0.816 bits per heavy atom. The fourth-order valence-corrected chi connectivity index (χ4v) is 6.87. The normalized spacial score (nSPS) is 31.4. The first-order valence-corrected chi connectivity index (χ1v) is 14.3. The summed E-state index contributed by atoms with van der Waals surface area (Å²) in [5, 5.41) is 0. The van der Waals surface area contributed by atoms with E-state index in [9.17, 15) is 26.3 Å². The number of allylic oxidation sites excluding steroid dienone is 1. The van der Waals surface area contributed by atoms with E-state index < -0.39 is 41.6 Å². The van der Waals surface area contributed by atoms with Crippen molar-refractivity contribution in [2.75, 3.05) is 13.2 Å². The van der Waals surface area contributed by atoms with Gasteiger partial charge in [0.25, 0.3) is 0 Å². The smallest absolute Gasteiger partial charge is 0.348 e. The molecular formula is C30H40F6O2. The summed E-state index contributed by atoms with van der Waals surface area (Å²) < 4.78 is 91.2. The van der Waals surface area contributed by atoms with Crippen LogP contribution < -0.4 is 0 Å². The Labute approximate surface area is 222 Å². The Hall–Kier alpha value is -1.54. The third-order valence-corrected chi connectivity index (χ3v) is 9.05. The number of rotatable bonds is 8. The summed E-state index contributed by atoms with van der Waals surface area (Å²) in [7, 11) is 0. The van der Waals surface area contributed by atoms with Crippen molar-refractivity contribution in [2.24, 2.45) is 29.6 Å². The molecule has 0 N–H and O–H groups in total. The van der Waals surface area contributed by atoms with E-state index in [1.165, 1.54) is 64.2 Å². The van der Waals surface area contributed by atoms with Crippen molar-refractivity contribution >= 4 is 5.83 Å². The molecule has 38 heavy (non-hydrogen) atoms. The first-order valence-electron chi connectivity index (χ1n) is 14.3. The third kappa shape index (κ3) is 7.77. The second-order valence-corrected chi connectivity index (χ2v) is 11.6. The molecule has 4 rings (SSSR count). The predicted octanol–water partition coefficient (Wildman–Crippen LogP) is 9.69. The number of hydrogen-bond donors (Lipinski definition) is 0. The van der Waals surface area contributed by atoms with Gasteiger partial charge < -0.3 is 9.47 Å². The molecule has 1 aromatic rings. The van der Waals surface area contributed by atoms with Gasteiger partial charge in [0.2, 0.25) is 0 Å². The molecular weight excluding hydrogens is 506 g/mol. The molecule has 0 bridgehead atoms. The lowest BCUT2D eigenvalue weighted by atomic mass is 9.67. The van der Waals surface area contributed by atoms with Gasteiger partial charge in [-0.1, -0.05) is 45.4 Å². The number of ether oxygens (including phenoxy) is 2. The van der Waals surface area contributed by atoms with Crippen LogP contribution in [0.1, 0.15) is 101 Å². The highest BCUT2D eigenvalue weighted by atomic mass is 19.4. The molecule has 2 saturated carbocycles. The minimum absolute atomic E-state index is 0.0176. The number of unbranched alkanes of at least 4 members (excludes halogenated alkanes) is 2. The number of hydrogen-bond acceptors (Lipinski definition) is 2. The second kappa shape index (κ2) is 13.2. The monoisotopic (exact) mass is 546 g/mol. The summed E-state index contributed by atoms with van der Waals surface area (Å²) in [6, 6.07) is 1.55. The zero-order valence-electron chi connectivity index (χ0n) is 22.2. The molecule has 214 valence electrons. The molecule has 0 spiro atoms. The van der Waals surface area contributed by atoms with Crippen LogP contribution in [0.2, 0.25) is 0 Å². The van der Waals surface area contributed by atoms with E-state index in [-0.39, 0.29) is 11.5 Å². The SMILES string of the molecule is CCCCCC1CCC(C2CCC(C3COC(c4cc(F)c(C(F)=CC(F)(F)F)c(F)c4)OC3)CC2)CC1. The topological polar surface area (TPSA) is 18.5 Å². The largest absolute Gasteiger partial charge is 0.412 e. The van der Waals surface area contributed by atoms with E-state index in [4.69, 9.17) is 9.47 Å². The van der Waals surface area contributed by atoms with E-state index in [0.29, 0.717) is 19.1 Å². The van der Waals surface area contributed by atoms with E-state index in [2.05, 4.69) is 6.92 Å². The van der Waals surface area contributed by atoms with Crippen LogP contribution in [-0.2, 0) is 9.47 Å². The number of benzene rings is 1. The summed E-state index contributed by atoms with van der Waals surface area (Å²) in [4.78, 5) is 0. The standard InChI is InChI=1S/C30H40F6O2/c1-2-3-4-5-19-6-8-20(9-7-19)21-10-12-22(13-11-21)24-17-37-29(38-18-24)23-14-25(31)28(26(32)15-23)27(33)16-30(34,35)36/h14-16,19-22,24,29H,2-13,17-18H2,1H3. The molecule has 2 nitrogen and oxygen atoms in total. The summed E-state index contributed by atoms with van der Waals surface area (Å²) in [5.74, 6) is -1.62. The molecule has 0 aromatic heterocycles.